The van der Waals surface area contributed by atoms with Crippen molar-refractivity contribution in [1.82, 2.24) is 0 Å². The maximum Gasteiger partial charge on any atom is 0.324 e. The number of methoxy groups -OCH3 is 1. The highest BCUT2D eigenvalue weighted by atomic mass is 16.5. The summed E-state index contributed by atoms with van der Waals surface area (Å²) < 4.78 is 4.44. The Labute approximate surface area is 52.9 Å². The molecule has 9 heavy (non-hydrogen) atoms. The van der Waals surface area contributed by atoms with Gasteiger partial charge in [0.2, 0.25) is 0 Å². The lowest BCUT2D eigenvalue weighted by Gasteiger charge is -1.95. The Kier molecular flexibility index (Phi) is 3.46. The number of hydrogen-bond acceptors (Lipinski definition) is 3. The zero-order chi connectivity index (χ0) is 7.28. The summed E-state index contributed by atoms with van der Waals surface area (Å²) in [6.07, 6.45) is 2.49. The number of carboxylic acid groups (broad SMARTS) is 1. The molecule has 0 aliphatic heterocycles. The molecule has 0 spiro atoms. The maximum atomic E-state index is 9.97. The van der Waals surface area contributed by atoms with Crippen LogP contribution in [0.5, 0.6) is 0 Å². The van der Waals surface area contributed by atoms with Gasteiger partial charge in [-0.15, -0.1) is 0 Å². The molecular formula is C5H9NO3. The SMILES string of the molecule is CO/C=C\C(N)C(=O)O. The number of nitrogens with two attached hydrogens (primary N) is 1. The lowest BCUT2D eigenvalue weighted by molar-refractivity contribution is -0.137. The van der Waals surface area contributed by atoms with Gasteiger partial charge < -0.3 is 15.6 Å². The lowest BCUT2D eigenvalue weighted by Crippen LogP contribution is -2.27. The third-order valence-corrected chi connectivity index (χ3v) is 0.707. The van der Waals surface area contributed by atoms with Gasteiger partial charge in [-0.05, 0) is 6.08 Å². The molecule has 0 aromatic rings. The summed E-state index contributed by atoms with van der Waals surface area (Å²) in [5, 5.41) is 8.18. The van der Waals surface area contributed by atoms with E-state index in [0.717, 1.165) is 0 Å². The van der Waals surface area contributed by atoms with Crippen molar-refractivity contribution in [3.63, 3.8) is 0 Å². The topological polar surface area (TPSA) is 72.5 Å². The van der Waals surface area contributed by atoms with Crippen molar-refractivity contribution in [3.8, 4) is 0 Å². The van der Waals surface area contributed by atoms with Crippen LogP contribution in [0.4, 0.5) is 0 Å². The Bertz CT molecular complexity index is 121. The molecule has 52 valence electrons. The first-order valence-electron chi connectivity index (χ1n) is 2.36. The monoisotopic (exact) mass is 131 g/mol. The highest BCUT2D eigenvalue weighted by Crippen LogP contribution is 1.81. The summed E-state index contributed by atoms with van der Waals surface area (Å²) in [6.45, 7) is 0. The van der Waals surface area contributed by atoms with E-state index in [1.807, 2.05) is 0 Å². The smallest absolute Gasteiger partial charge is 0.324 e. The van der Waals surface area contributed by atoms with Crippen LogP contribution in [-0.4, -0.2) is 24.2 Å². The number of ether oxygens (including phenoxy) is 1. The first-order chi connectivity index (χ1) is 4.18. The summed E-state index contributed by atoms with van der Waals surface area (Å²) in [7, 11) is 1.42. The van der Waals surface area contributed by atoms with E-state index in [1.165, 1.54) is 19.4 Å². The van der Waals surface area contributed by atoms with Gasteiger partial charge in [-0.25, -0.2) is 0 Å². The number of hydrogen-bond donors (Lipinski definition) is 2. The summed E-state index contributed by atoms with van der Waals surface area (Å²) in [5.41, 5.74) is 5.04. The molecule has 3 N–H and O–H groups in total. The Morgan fingerprint density at radius 3 is 2.78 bits per heavy atom. The molecule has 0 amide bonds. The highest BCUT2D eigenvalue weighted by Gasteiger charge is 2.04. The molecule has 1 unspecified atom stereocenters. The standard InChI is InChI=1S/C5H9NO3/c1-9-3-2-4(6)5(7)8/h2-4H,6H2,1H3,(H,7,8)/b3-2-. The normalized spacial score (nSPS) is 13.6. The summed E-state index contributed by atoms with van der Waals surface area (Å²) in [5.74, 6) is -1.07. The predicted molar refractivity (Wildman–Crippen MR) is 31.8 cm³/mol. The Hall–Kier alpha value is -1.03. The molecule has 0 aliphatic carbocycles. The fourth-order valence-corrected chi connectivity index (χ4v) is 0.246. The van der Waals surface area contributed by atoms with Crippen molar-refractivity contribution in [1.29, 1.82) is 0 Å². The van der Waals surface area contributed by atoms with Crippen LogP contribution in [0.3, 0.4) is 0 Å². The van der Waals surface area contributed by atoms with Gasteiger partial charge in [0.15, 0.2) is 0 Å². The van der Waals surface area contributed by atoms with E-state index in [4.69, 9.17) is 10.8 Å². The quantitative estimate of drug-likeness (QED) is 0.509. The number of rotatable bonds is 3. The molecular weight excluding hydrogens is 122 g/mol. The van der Waals surface area contributed by atoms with E-state index in [2.05, 4.69) is 4.74 Å². The van der Waals surface area contributed by atoms with Crippen LogP contribution in [0.25, 0.3) is 0 Å². The van der Waals surface area contributed by atoms with E-state index in [1.54, 1.807) is 0 Å². The Morgan fingerprint density at radius 2 is 2.44 bits per heavy atom. The van der Waals surface area contributed by atoms with Crippen molar-refractivity contribution in [2.24, 2.45) is 5.73 Å². The summed E-state index contributed by atoms with van der Waals surface area (Å²) in [4.78, 5) is 9.97. The third-order valence-electron chi connectivity index (χ3n) is 0.707. The molecule has 4 heteroatoms. The van der Waals surface area contributed by atoms with Crippen LogP contribution in [0.1, 0.15) is 0 Å². The maximum absolute atomic E-state index is 9.97. The van der Waals surface area contributed by atoms with E-state index in [0.29, 0.717) is 0 Å². The van der Waals surface area contributed by atoms with Gasteiger partial charge in [0.25, 0.3) is 0 Å². The molecule has 1 atom stereocenters. The van der Waals surface area contributed by atoms with Crippen LogP contribution >= 0.6 is 0 Å². The zero-order valence-electron chi connectivity index (χ0n) is 5.07. The molecule has 0 radical (unpaired) electrons. The first-order valence-corrected chi connectivity index (χ1v) is 2.36. The molecule has 4 nitrogen and oxygen atoms in total. The molecule has 0 saturated carbocycles. The fourth-order valence-electron chi connectivity index (χ4n) is 0.246. The van der Waals surface area contributed by atoms with E-state index >= 15 is 0 Å². The van der Waals surface area contributed by atoms with Crippen LogP contribution in [-0.2, 0) is 9.53 Å². The Balaban J connectivity index is 3.62. The van der Waals surface area contributed by atoms with Gasteiger partial charge in [0.1, 0.15) is 6.04 Å². The fraction of sp³-hybridized carbons (Fsp3) is 0.400. The minimum Gasteiger partial charge on any atom is -0.505 e. The zero-order valence-corrected chi connectivity index (χ0v) is 5.07. The van der Waals surface area contributed by atoms with E-state index in [9.17, 15) is 4.79 Å². The molecule has 0 bridgehead atoms. The second-order valence-electron chi connectivity index (χ2n) is 1.43. The number of carbonyl (C=O) groups is 1. The highest BCUT2D eigenvalue weighted by molar-refractivity contribution is 5.75. The number of carboxylic acids is 1. The van der Waals surface area contributed by atoms with Crippen molar-refractivity contribution < 1.29 is 14.6 Å². The van der Waals surface area contributed by atoms with Gasteiger partial charge >= 0.3 is 5.97 Å². The number of aliphatic carboxylic acids is 1. The van der Waals surface area contributed by atoms with Gasteiger partial charge in [-0.3, -0.25) is 4.79 Å². The first kappa shape index (κ1) is 7.97. The average Bonchev–Trinajstić information content (AvgIpc) is 1.82. The van der Waals surface area contributed by atoms with E-state index in [-0.39, 0.29) is 0 Å². The van der Waals surface area contributed by atoms with Crippen LogP contribution in [0, 0.1) is 0 Å². The predicted octanol–water partition coefficient (Wildman–Crippen LogP) is -0.442. The molecule has 0 rings (SSSR count). The summed E-state index contributed by atoms with van der Waals surface area (Å²) >= 11 is 0. The van der Waals surface area contributed by atoms with Crippen molar-refractivity contribution in [2.45, 2.75) is 6.04 Å². The Morgan fingerprint density at radius 1 is 1.89 bits per heavy atom. The third kappa shape index (κ3) is 3.54. The molecule has 0 aliphatic rings. The minimum absolute atomic E-state index is 0.968. The van der Waals surface area contributed by atoms with Gasteiger partial charge in [0.05, 0.1) is 13.4 Å². The molecule has 0 heterocycles. The minimum atomic E-state index is -1.07. The van der Waals surface area contributed by atoms with Gasteiger partial charge in [0, 0.05) is 0 Å². The van der Waals surface area contributed by atoms with Gasteiger partial charge in [-0.2, -0.15) is 0 Å². The van der Waals surface area contributed by atoms with Crippen molar-refractivity contribution in [3.05, 3.63) is 12.3 Å². The molecule has 0 fully saturated rings. The molecule has 0 aromatic heterocycles. The van der Waals surface area contributed by atoms with Gasteiger partial charge in [-0.1, -0.05) is 0 Å². The van der Waals surface area contributed by atoms with Crippen molar-refractivity contribution in [2.75, 3.05) is 7.11 Å². The van der Waals surface area contributed by atoms with Crippen molar-refractivity contribution >= 4 is 5.97 Å². The molecule has 0 aromatic carbocycles. The largest absolute Gasteiger partial charge is 0.505 e. The van der Waals surface area contributed by atoms with Crippen LogP contribution in [0.15, 0.2) is 12.3 Å². The van der Waals surface area contributed by atoms with E-state index < -0.39 is 12.0 Å². The summed E-state index contributed by atoms with van der Waals surface area (Å²) in [6, 6.07) is -0.968. The van der Waals surface area contributed by atoms with Crippen LogP contribution in [0.2, 0.25) is 0 Å². The average molecular weight is 131 g/mol. The van der Waals surface area contributed by atoms with Crippen LogP contribution < -0.4 is 5.73 Å². The second kappa shape index (κ2) is 3.91. The molecule has 0 saturated heterocycles. The second-order valence-corrected chi connectivity index (χ2v) is 1.43. The lowest BCUT2D eigenvalue weighted by atomic mass is 10.3.